The second kappa shape index (κ2) is 4.89. The summed E-state index contributed by atoms with van der Waals surface area (Å²) in [5, 5.41) is 0. The van der Waals surface area contributed by atoms with E-state index in [0.29, 0.717) is 0 Å². The van der Waals surface area contributed by atoms with Gasteiger partial charge in [0.05, 0.1) is 0 Å². The Labute approximate surface area is 95.8 Å². The Morgan fingerprint density at radius 3 is 2.33 bits per heavy atom. The third-order valence-corrected chi connectivity index (χ3v) is 5.24. The molecule has 0 aliphatic heterocycles. The van der Waals surface area contributed by atoms with Gasteiger partial charge in [-0.3, -0.25) is 0 Å². The van der Waals surface area contributed by atoms with Gasteiger partial charge in [0.2, 0.25) is 0 Å². The zero-order chi connectivity index (χ0) is 10.8. The van der Waals surface area contributed by atoms with Gasteiger partial charge < -0.3 is 0 Å². The fourth-order valence-electron chi connectivity index (χ4n) is 3.91. The van der Waals surface area contributed by atoms with Crippen molar-refractivity contribution in [2.45, 2.75) is 65.7 Å². The molecule has 88 valence electrons. The van der Waals surface area contributed by atoms with E-state index in [0.717, 1.165) is 29.6 Å². The molecule has 0 N–H and O–H groups in total. The highest BCUT2D eigenvalue weighted by atomic mass is 14.5. The van der Waals surface area contributed by atoms with E-state index in [1.165, 1.54) is 32.1 Å². The molecule has 2 aliphatic carbocycles. The van der Waals surface area contributed by atoms with Crippen LogP contribution in [0.5, 0.6) is 0 Å². The first-order chi connectivity index (χ1) is 7.26. The molecule has 15 heavy (non-hydrogen) atoms. The van der Waals surface area contributed by atoms with Crippen LogP contribution in [0.15, 0.2) is 0 Å². The molecule has 0 spiro atoms. The van der Waals surface area contributed by atoms with Crippen LogP contribution in [0.1, 0.15) is 65.7 Å². The van der Waals surface area contributed by atoms with Crippen molar-refractivity contribution in [3.05, 3.63) is 0 Å². The van der Waals surface area contributed by atoms with E-state index in [1.807, 2.05) is 0 Å². The first-order valence-electron chi connectivity index (χ1n) is 7.26. The summed E-state index contributed by atoms with van der Waals surface area (Å²) in [5.41, 5.74) is 0. The summed E-state index contributed by atoms with van der Waals surface area (Å²) in [6.07, 6.45) is 10.5. The molecule has 0 saturated heterocycles. The van der Waals surface area contributed by atoms with Crippen LogP contribution in [-0.2, 0) is 0 Å². The van der Waals surface area contributed by atoms with Crippen LogP contribution in [0.4, 0.5) is 0 Å². The highest BCUT2D eigenvalue weighted by Crippen LogP contribution is 2.53. The lowest BCUT2D eigenvalue weighted by molar-refractivity contribution is 0.257. The fraction of sp³-hybridized carbons (Fsp3) is 1.00. The summed E-state index contributed by atoms with van der Waals surface area (Å²) in [7, 11) is 0. The molecule has 0 nitrogen and oxygen atoms in total. The Kier molecular flexibility index (Phi) is 3.74. The van der Waals surface area contributed by atoms with Gasteiger partial charge in [0, 0.05) is 0 Å². The van der Waals surface area contributed by atoms with Gasteiger partial charge in [-0.1, -0.05) is 52.9 Å². The van der Waals surface area contributed by atoms with Crippen LogP contribution in [0.3, 0.4) is 0 Å². The Morgan fingerprint density at radius 2 is 1.73 bits per heavy atom. The van der Waals surface area contributed by atoms with Crippen LogP contribution < -0.4 is 0 Å². The maximum Gasteiger partial charge on any atom is -0.0352 e. The fourth-order valence-corrected chi connectivity index (χ4v) is 3.91. The lowest BCUT2D eigenvalue weighted by Crippen LogP contribution is -2.16. The molecule has 0 radical (unpaired) electrons. The Balaban J connectivity index is 1.94. The molecule has 0 aromatic rings. The molecule has 2 aliphatic rings. The lowest BCUT2D eigenvalue weighted by Gasteiger charge is -2.24. The molecular weight excluding hydrogens is 180 g/mol. The van der Waals surface area contributed by atoms with Gasteiger partial charge in [0.15, 0.2) is 0 Å². The van der Waals surface area contributed by atoms with Gasteiger partial charge >= 0.3 is 0 Å². The first kappa shape index (κ1) is 11.5. The first-order valence-corrected chi connectivity index (χ1v) is 7.26. The second-order valence-electron chi connectivity index (χ2n) is 6.15. The summed E-state index contributed by atoms with van der Waals surface area (Å²) in [4.78, 5) is 0. The minimum absolute atomic E-state index is 1.02. The molecule has 2 fully saturated rings. The summed E-state index contributed by atoms with van der Waals surface area (Å²) in [5.74, 6) is 5.38. The molecule has 0 heterocycles. The highest BCUT2D eigenvalue weighted by molar-refractivity contribution is 4.93. The average molecular weight is 208 g/mol. The van der Waals surface area contributed by atoms with Gasteiger partial charge in [-0.25, -0.2) is 0 Å². The van der Waals surface area contributed by atoms with E-state index in [-0.39, 0.29) is 0 Å². The zero-order valence-electron chi connectivity index (χ0n) is 10.8. The summed E-state index contributed by atoms with van der Waals surface area (Å²) in [6, 6.07) is 0. The molecule has 5 unspecified atom stereocenters. The van der Waals surface area contributed by atoms with E-state index < -0.39 is 0 Å². The van der Waals surface area contributed by atoms with Crippen LogP contribution in [0, 0.1) is 29.6 Å². The van der Waals surface area contributed by atoms with Crippen molar-refractivity contribution in [2.24, 2.45) is 29.6 Å². The van der Waals surface area contributed by atoms with Crippen LogP contribution in [0.25, 0.3) is 0 Å². The topological polar surface area (TPSA) is 0 Å². The van der Waals surface area contributed by atoms with Crippen LogP contribution >= 0.6 is 0 Å². The normalized spacial score (nSPS) is 46.2. The van der Waals surface area contributed by atoms with Crippen molar-refractivity contribution >= 4 is 0 Å². The van der Waals surface area contributed by atoms with Crippen LogP contribution in [0.2, 0.25) is 0 Å². The van der Waals surface area contributed by atoms with Crippen LogP contribution in [-0.4, -0.2) is 0 Å². The average Bonchev–Trinajstić information content (AvgIpc) is 3.01. The molecule has 0 amide bonds. The Bertz CT molecular complexity index is 196. The summed E-state index contributed by atoms with van der Waals surface area (Å²) >= 11 is 0. The van der Waals surface area contributed by atoms with Gasteiger partial charge in [0.25, 0.3) is 0 Å². The van der Waals surface area contributed by atoms with E-state index in [1.54, 1.807) is 12.8 Å². The molecular formula is C15H28. The number of rotatable bonds is 3. The van der Waals surface area contributed by atoms with E-state index in [2.05, 4.69) is 20.8 Å². The standard InChI is InChI=1S/C15H28/c1-4-12-8-6-7-11(3)14(9-12)15-10-13(15)5-2/h11-15H,4-10H2,1-3H3. The second-order valence-corrected chi connectivity index (χ2v) is 6.15. The van der Waals surface area contributed by atoms with Gasteiger partial charge in [-0.15, -0.1) is 0 Å². The number of hydrogen-bond acceptors (Lipinski definition) is 0. The van der Waals surface area contributed by atoms with Gasteiger partial charge in [0.1, 0.15) is 0 Å². The molecule has 2 rings (SSSR count). The number of hydrogen-bond donors (Lipinski definition) is 0. The summed E-state index contributed by atoms with van der Waals surface area (Å²) < 4.78 is 0. The Morgan fingerprint density at radius 1 is 0.933 bits per heavy atom. The van der Waals surface area contributed by atoms with Crippen molar-refractivity contribution in [1.82, 2.24) is 0 Å². The monoisotopic (exact) mass is 208 g/mol. The molecule has 0 aromatic carbocycles. The van der Waals surface area contributed by atoms with Gasteiger partial charge in [-0.05, 0) is 42.4 Å². The van der Waals surface area contributed by atoms with Crippen molar-refractivity contribution in [1.29, 1.82) is 0 Å². The largest absolute Gasteiger partial charge is 0.0651 e. The highest BCUT2D eigenvalue weighted by Gasteiger charge is 2.44. The SMILES string of the molecule is CCC1CCCC(C)C(C2CC2CC)C1. The quantitative estimate of drug-likeness (QED) is 0.580. The van der Waals surface area contributed by atoms with Gasteiger partial charge in [-0.2, -0.15) is 0 Å². The Hall–Kier alpha value is 0. The summed E-state index contributed by atoms with van der Waals surface area (Å²) in [6.45, 7) is 7.29. The third kappa shape index (κ3) is 2.57. The van der Waals surface area contributed by atoms with E-state index >= 15 is 0 Å². The smallest absolute Gasteiger partial charge is 0.0352 e. The molecule has 0 heteroatoms. The van der Waals surface area contributed by atoms with Crippen molar-refractivity contribution < 1.29 is 0 Å². The third-order valence-electron chi connectivity index (χ3n) is 5.24. The van der Waals surface area contributed by atoms with Crippen molar-refractivity contribution in [3.63, 3.8) is 0 Å². The molecule has 5 atom stereocenters. The van der Waals surface area contributed by atoms with Crippen molar-refractivity contribution in [3.8, 4) is 0 Å². The van der Waals surface area contributed by atoms with E-state index in [9.17, 15) is 0 Å². The zero-order valence-corrected chi connectivity index (χ0v) is 10.8. The maximum absolute atomic E-state index is 2.52. The predicted molar refractivity (Wildman–Crippen MR) is 66.8 cm³/mol. The molecule has 2 saturated carbocycles. The molecule has 0 aromatic heterocycles. The minimum atomic E-state index is 1.02. The lowest BCUT2D eigenvalue weighted by atomic mass is 9.81. The minimum Gasteiger partial charge on any atom is -0.0651 e. The maximum atomic E-state index is 2.52. The predicted octanol–water partition coefficient (Wildman–Crippen LogP) is 4.89. The molecule has 0 bridgehead atoms. The van der Waals surface area contributed by atoms with Crippen molar-refractivity contribution in [2.75, 3.05) is 0 Å². The van der Waals surface area contributed by atoms with E-state index in [4.69, 9.17) is 0 Å².